The molecule has 1 aliphatic rings. The average Bonchev–Trinajstić information content (AvgIpc) is 3.55. The van der Waals surface area contributed by atoms with E-state index in [-0.39, 0.29) is 11.9 Å². The van der Waals surface area contributed by atoms with Gasteiger partial charge < -0.3 is 14.4 Å². The van der Waals surface area contributed by atoms with Crippen molar-refractivity contribution in [2.45, 2.75) is 26.0 Å². The van der Waals surface area contributed by atoms with Crippen LogP contribution in [0.25, 0.3) is 11.3 Å². The number of nitrogens with one attached hydrogen (secondary N) is 1. The number of hydrogen-bond acceptors (Lipinski definition) is 4. The summed E-state index contributed by atoms with van der Waals surface area (Å²) in [6, 6.07) is 34.2. The molecule has 6 rings (SSSR count). The van der Waals surface area contributed by atoms with Crippen LogP contribution in [0.5, 0.6) is 11.5 Å². The van der Waals surface area contributed by atoms with Crippen LogP contribution in [0.1, 0.15) is 44.3 Å². The lowest BCUT2D eigenvalue weighted by Gasteiger charge is -2.26. The monoisotopic (exact) mass is 529 g/mol. The summed E-state index contributed by atoms with van der Waals surface area (Å²) in [7, 11) is 1.66. The minimum atomic E-state index is -0.265. The molecule has 1 N–H and O–H groups in total. The van der Waals surface area contributed by atoms with Crippen molar-refractivity contribution < 1.29 is 14.3 Å². The van der Waals surface area contributed by atoms with Gasteiger partial charge in [-0.1, -0.05) is 84.4 Å². The SMILES string of the molecule is COc1ccc(CCN2C(=O)c3[nH]nc(-c4ccc(C)cc4)c3C2c2ccc(OCc3ccccc3)cc2)cc1. The topological polar surface area (TPSA) is 67.5 Å². The van der Waals surface area contributed by atoms with Crippen molar-refractivity contribution in [1.82, 2.24) is 15.1 Å². The van der Waals surface area contributed by atoms with Gasteiger partial charge >= 0.3 is 0 Å². The molecule has 0 fully saturated rings. The number of amides is 1. The van der Waals surface area contributed by atoms with Gasteiger partial charge in [-0.25, -0.2) is 0 Å². The molecule has 6 nitrogen and oxygen atoms in total. The van der Waals surface area contributed by atoms with Crippen LogP contribution in [0.4, 0.5) is 0 Å². The number of nitrogens with zero attached hydrogens (tertiary/aromatic N) is 2. The predicted molar refractivity (Wildman–Crippen MR) is 156 cm³/mol. The van der Waals surface area contributed by atoms with Crippen molar-refractivity contribution in [2.75, 3.05) is 13.7 Å². The summed E-state index contributed by atoms with van der Waals surface area (Å²) in [6.45, 7) is 3.13. The lowest BCUT2D eigenvalue weighted by Crippen LogP contribution is -2.31. The average molecular weight is 530 g/mol. The number of aryl methyl sites for hydroxylation is 1. The van der Waals surface area contributed by atoms with Crippen LogP contribution in [0.15, 0.2) is 103 Å². The Bertz CT molecular complexity index is 1590. The maximum Gasteiger partial charge on any atom is 0.273 e. The number of hydrogen-bond donors (Lipinski definition) is 1. The molecule has 40 heavy (non-hydrogen) atoms. The van der Waals surface area contributed by atoms with Gasteiger partial charge in [0.15, 0.2) is 0 Å². The maximum atomic E-state index is 13.7. The zero-order chi connectivity index (χ0) is 27.5. The first-order valence-corrected chi connectivity index (χ1v) is 13.5. The summed E-state index contributed by atoms with van der Waals surface area (Å²) in [6.07, 6.45) is 0.724. The van der Waals surface area contributed by atoms with E-state index in [0.29, 0.717) is 18.8 Å². The van der Waals surface area contributed by atoms with Crippen molar-refractivity contribution >= 4 is 5.91 Å². The summed E-state index contributed by atoms with van der Waals surface area (Å²) in [4.78, 5) is 15.7. The fraction of sp³-hybridized carbons (Fsp3) is 0.176. The second-order valence-corrected chi connectivity index (χ2v) is 10.1. The zero-order valence-electron chi connectivity index (χ0n) is 22.6. The molecule has 1 atom stereocenters. The highest BCUT2D eigenvalue weighted by molar-refractivity contribution is 6.00. The normalized spacial score (nSPS) is 14.3. The number of aromatic amines is 1. The highest BCUT2D eigenvalue weighted by Gasteiger charge is 2.41. The molecule has 1 aliphatic heterocycles. The van der Waals surface area contributed by atoms with Crippen LogP contribution in [0.2, 0.25) is 0 Å². The first kappa shape index (κ1) is 25.4. The quantitative estimate of drug-likeness (QED) is 0.229. The van der Waals surface area contributed by atoms with Crippen LogP contribution < -0.4 is 9.47 Å². The Morgan fingerprint density at radius 3 is 2.23 bits per heavy atom. The van der Waals surface area contributed by atoms with Gasteiger partial charge in [-0.2, -0.15) is 5.10 Å². The Labute approximate surface area is 234 Å². The molecular formula is C34H31N3O3. The number of carbonyl (C=O) groups excluding carboxylic acids is 1. The lowest BCUT2D eigenvalue weighted by molar-refractivity contribution is 0.0746. The third-order valence-electron chi connectivity index (χ3n) is 7.43. The van der Waals surface area contributed by atoms with Crippen LogP contribution in [-0.2, 0) is 13.0 Å². The fourth-order valence-corrected chi connectivity index (χ4v) is 5.23. The maximum absolute atomic E-state index is 13.7. The first-order chi connectivity index (χ1) is 19.6. The smallest absolute Gasteiger partial charge is 0.273 e. The summed E-state index contributed by atoms with van der Waals surface area (Å²) < 4.78 is 11.3. The number of fused-ring (bicyclic) bond motifs is 1. The van der Waals surface area contributed by atoms with Gasteiger partial charge in [0.25, 0.3) is 5.91 Å². The molecule has 2 heterocycles. The van der Waals surface area contributed by atoms with Gasteiger partial charge in [0, 0.05) is 17.7 Å². The van der Waals surface area contributed by atoms with E-state index >= 15 is 0 Å². The number of benzene rings is 4. The second-order valence-electron chi connectivity index (χ2n) is 10.1. The number of aromatic nitrogens is 2. The molecule has 0 bridgehead atoms. The van der Waals surface area contributed by atoms with E-state index in [9.17, 15) is 4.79 Å². The molecule has 6 heteroatoms. The van der Waals surface area contributed by atoms with Crippen molar-refractivity contribution in [3.05, 3.63) is 137 Å². The van der Waals surface area contributed by atoms with Gasteiger partial charge in [0.1, 0.15) is 23.8 Å². The van der Waals surface area contributed by atoms with Gasteiger partial charge in [0.2, 0.25) is 0 Å². The Morgan fingerprint density at radius 1 is 0.825 bits per heavy atom. The Morgan fingerprint density at radius 2 is 1.52 bits per heavy atom. The molecule has 200 valence electrons. The van der Waals surface area contributed by atoms with E-state index in [0.717, 1.165) is 51.4 Å². The highest BCUT2D eigenvalue weighted by atomic mass is 16.5. The highest BCUT2D eigenvalue weighted by Crippen LogP contribution is 2.43. The molecule has 0 aliphatic carbocycles. The van der Waals surface area contributed by atoms with Crippen molar-refractivity contribution in [1.29, 1.82) is 0 Å². The molecule has 0 radical (unpaired) electrons. The molecule has 4 aromatic carbocycles. The minimum absolute atomic E-state index is 0.0382. The van der Waals surface area contributed by atoms with E-state index in [1.54, 1.807) is 7.11 Å². The second kappa shape index (κ2) is 11.1. The van der Waals surface area contributed by atoms with Gasteiger partial charge in [-0.05, 0) is 54.3 Å². The van der Waals surface area contributed by atoms with E-state index in [4.69, 9.17) is 9.47 Å². The molecule has 0 spiro atoms. The summed E-state index contributed by atoms with van der Waals surface area (Å²) in [5.41, 5.74) is 7.72. The van der Waals surface area contributed by atoms with Gasteiger partial charge in [-0.15, -0.1) is 0 Å². The Hall–Kier alpha value is -4.84. The molecular weight excluding hydrogens is 498 g/mol. The summed E-state index contributed by atoms with van der Waals surface area (Å²) in [5, 5.41) is 7.66. The number of rotatable bonds is 9. The van der Waals surface area contributed by atoms with E-state index < -0.39 is 0 Å². The largest absolute Gasteiger partial charge is 0.497 e. The zero-order valence-corrected chi connectivity index (χ0v) is 22.6. The number of ether oxygens (including phenoxy) is 2. The number of methoxy groups -OCH3 is 1. The molecule has 1 amide bonds. The van der Waals surface area contributed by atoms with Gasteiger partial charge in [0.05, 0.1) is 18.8 Å². The Kier molecular flexibility index (Phi) is 7.06. The molecule has 1 unspecified atom stereocenters. The van der Waals surface area contributed by atoms with Crippen LogP contribution in [-0.4, -0.2) is 34.7 Å². The van der Waals surface area contributed by atoms with Crippen molar-refractivity contribution in [3.63, 3.8) is 0 Å². The standard InChI is InChI=1S/C34H31N3O3/c1-23-8-12-26(13-9-23)31-30-32(36-35-31)34(38)37(21-20-24-10-16-28(39-2)17-11-24)33(30)27-14-18-29(19-15-27)40-22-25-6-4-3-5-7-25/h3-19,33H,20-22H2,1-2H3,(H,35,36). The van der Waals surface area contributed by atoms with Crippen LogP contribution in [0.3, 0.4) is 0 Å². The van der Waals surface area contributed by atoms with Crippen molar-refractivity contribution in [3.8, 4) is 22.8 Å². The third-order valence-corrected chi connectivity index (χ3v) is 7.43. The fourth-order valence-electron chi connectivity index (χ4n) is 5.23. The van der Waals surface area contributed by atoms with E-state index in [1.165, 1.54) is 5.56 Å². The molecule has 1 aromatic heterocycles. The molecule has 0 saturated carbocycles. The molecule has 0 saturated heterocycles. The summed E-state index contributed by atoms with van der Waals surface area (Å²) >= 11 is 0. The third kappa shape index (κ3) is 5.08. The first-order valence-electron chi connectivity index (χ1n) is 13.5. The predicted octanol–water partition coefficient (Wildman–Crippen LogP) is 6.76. The number of carbonyl (C=O) groups is 1. The van der Waals surface area contributed by atoms with Crippen LogP contribution in [0, 0.1) is 6.92 Å². The minimum Gasteiger partial charge on any atom is -0.497 e. The van der Waals surface area contributed by atoms with Gasteiger partial charge in [-0.3, -0.25) is 9.89 Å². The lowest BCUT2D eigenvalue weighted by atomic mass is 9.95. The number of H-pyrrole nitrogens is 1. The molecule has 5 aromatic rings. The van der Waals surface area contributed by atoms with E-state index in [2.05, 4.69) is 53.5 Å². The van der Waals surface area contributed by atoms with Crippen molar-refractivity contribution in [2.24, 2.45) is 0 Å². The van der Waals surface area contributed by atoms with Crippen LogP contribution >= 0.6 is 0 Å². The Balaban J connectivity index is 1.31. The summed E-state index contributed by atoms with van der Waals surface area (Å²) in [5.74, 6) is 1.56. The van der Waals surface area contributed by atoms with E-state index in [1.807, 2.05) is 71.6 Å².